The van der Waals surface area contributed by atoms with Crippen LogP contribution in [-0.4, -0.2) is 31.2 Å². The largest absolute Gasteiger partial charge is 0.457 e. The maximum Gasteiger partial charge on any atom is 0.416 e. The van der Waals surface area contributed by atoms with E-state index in [0.29, 0.717) is 36.8 Å². The Hall–Kier alpha value is -3.14. The Balaban J connectivity index is 1.56. The van der Waals surface area contributed by atoms with E-state index in [0.717, 1.165) is 29.5 Å². The van der Waals surface area contributed by atoms with Crippen LogP contribution in [0.5, 0.6) is 11.5 Å². The van der Waals surface area contributed by atoms with Gasteiger partial charge in [0.2, 0.25) is 15.0 Å². The standard InChI is InChI=1S/C21H18F3N3O3S/c1-31(28,29)20-25-11-9-19(26-20)27-12-10-17-14(13-27)3-2-4-18(17)30-16-7-5-15(6-8-16)21(22,23)24/h2-9,11H,10,12-13H2,1H3. The number of halogens is 3. The van der Waals surface area contributed by atoms with Crippen LogP contribution in [-0.2, 0) is 29.0 Å². The van der Waals surface area contributed by atoms with Crippen molar-refractivity contribution in [1.82, 2.24) is 9.97 Å². The van der Waals surface area contributed by atoms with Crippen LogP contribution in [0.15, 0.2) is 59.9 Å². The van der Waals surface area contributed by atoms with Gasteiger partial charge in [0.1, 0.15) is 17.3 Å². The number of fused-ring (bicyclic) bond motifs is 1. The van der Waals surface area contributed by atoms with Crippen molar-refractivity contribution in [3.8, 4) is 11.5 Å². The number of ether oxygens (including phenoxy) is 1. The Morgan fingerprint density at radius 2 is 1.81 bits per heavy atom. The third kappa shape index (κ3) is 4.63. The Morgan fingerprint density at radius 3 is 2.48 bits per heavy atom. The second-order valence-electron chi connectivity index (χ2n) is 7.16. The molecule has 0 unspecified atom stereocenters. The van der Waals surface area contributed by atoms with Gasteiger partial charge in [-0.2, -0.15) is 13.2 Å². The van der Waals surface area contributed by atoms with Crippen molar-refractivity contribution in [2.45, 2.75) is 24.3 Å². The smallest absolute Gasteiger partial charge is 0.416 e. The number of benzene rings is 2. The van der Waals surface area contributed by atoms with Crippen molar-refractivity contribution in [3.63, 3.8) is 0 Å². The lowest BCUT2D eigenvalue weighted by atomic mass is 9.98. The van der Waals surface area contributed by atoms with Gasteiger partial charge >= 0.3 is 6.18 Å². The number of rotatable bonds is 4. The maximum atomic E-state index is 12.8. The highest BCUT2D eigenvalue weighted by Gasteiger charge is 2.30. The molecular formula is C21H18F3N3O3S. The number of anilines is 1. The van der Waals surface area contributed by atoms with Gasteiger partial charge in [-0.05, 0) is 48.4 Å². The molecule has 3 aromatic rings. The molecule has 0 saturated carbocycles. The highest BCUT2D eigenvalue weighted by Crippen LogP contribution is 2.35. The average Bonchev–Trinajstić information content (AvgIpc) is 2.73. The molecule has 0 saturated heterocycles. The molecular weight excluding hydrogens is 431 g/mol. The predicted octanol–water partition coefficient (Wildman–Crippen LogP) is 4.25. The number of aromatic nitrogens is 2. The van der Waals surface area contributed by atoms with E-state index >= 15 is 0 Å². The van der Waals surface area contributed by atoms with Crippen LogP contribution in [0, 0.1) is 0 Å². The Kier molecular flexibility index (Phi) is 5.34. The molecule has 162 valence electrons. The molecule has 4 rings (SSSR count). The molecule has 0 fully saturated rings. The molecule has 2 heterocycles. The lowest BCUT2D eigenvalue weighted by molar-refractivity contribution is -0.137. The van der Waals surface area contributed by atoms with Gasteiger partial charge < -0.3 is 9.64 Å². The number of alkyl halides is 3. The highest BCUT2D eigenvalue weighted by molar-refractivity contribution is 7.90. The summed E-state index contributed by atoms with van der Waals surface area (Å²) in [7, 11) is -3.52. The molecule has 0 atom stereocenters. The normalized spacial score (nSPS) is 14.3. The minimum atomic E-state index is -4.40. The molecule has 10 heteroatoms. The van der Waals surface area contributed by atoms with Gasteiger partial charge in [0.05, 0.1) is 5.56 Å². The fourth-order valence-corrected chi connectivity index (χ4v) is 3.90. The molecule has 31 heavy (non-hydrogen) atoms. The van der Waals surface area contributed by atoms with Crippen molar-refractivity contribution in [2.75, 3.05) is 17.7 Å². The van der Waals surface area contributed by atoms with Gasteiger partial charge in [-0.15, -0.1) is 0 Å². The summed E-state index contributed by atoms with van der Waals surface area (Å²) in [4.78, 5) is 9.92. The molecule has 2 aromatic carbocycles. The zero-order chi connectivity index (χ0) is 22.2. The van der Waals surface area contributed by atoms with Crippen LogP contribution < -0.4 is 9.64 Å². The molecule has 1 aliphatic rings. The summed E-state index contributed by atoms with van der Waals surface area (Å²) >= 11 is 0. The van der Waals surface area contributed by atoms with Crippen LogP contribution >= 0.6 is 0 Å². The van der Waals surface area contributed by atoms with Gasteiger partial charge in [-0.25, -0.2) is 18.4 Å². The Morgan fingerprint density at radius 1 is 1.06 bits per heavy atom. The van der Waals surface area contributed by atoms with Crippen molar-refractivity contribution >= 4 is 15.7 Å². The average molecular weight is 449 g/mol. The van der Waals surface area contributed by atoms with Crippen LogP contribution in [0.3, 0.4) is 0 Å². The Bertz CT molecular complexity index is 1210. The fraction of sp³-hybridized carbons (Fsp3) is 0.238. The first-order valence-electron chi connectivity index (χ1n) is 9.35. The van der Waals surface area contributed by atoms with Crippen LogP contribution in [0.1, 0.15) is 16.7 Å². The van der Waals surface area contributed by atoms with E-state index in [-0.39, 0.29) is 5.16 Å². The summed E-state index contributed by atoms with van der Waals surface area (Å²) in [6.45, 7) is 1.06. The minimum Gasteiger partial charge on any atom is -0.457 e. The van der Waals surface area contributed by atoms with Crippen LogP contribution in [0.2, 0.25) is 0 Å². The first kappa shape index (κ1) is 21.1. The van der Waals surface area contributed by atoms with E-state index < -0.39 is 21.6 Å². The Labute approximate surface area is 177 Å². The van der Waals surface area contributed by atoms with E-state index in [1.165, 1.54) is 18.3 Å². The first-order valence-corrected chi connectivity index (χ1v) is 11.2. The fourth-order valence-electron chi connectivity index (χ4n) is 3.39. The van der Waals surface area contributed by atoms with E-state index in [1.54, 1.807) is 12.1 Å². The number of hydrogen-bond donors (Lipinski definition) is 0. The highest BCUT2D eigenvalue weighted by atomic mass is 32.2. The van der Waals surface area contributed by atoms with E-state index in [1.807, 2.05) is 17.0 Å². The van der Waals surface area contributed by atoms with Gasteiger partial charge in [0, 0.05) is 31.1 Å². The quantitative estimate of drug-likeness (QED) is 0.555. The van der Waals surface area contributed by atoms with E-state index in [2.05, 4.69) is 9.97 Å². The minimum absolute atomic E-state index is 0.227. The summed E-state index contributed by atoms with van der Waals surface area (Å²) in [5, 5.41) is -0.227. The SMILES string of the molecule is CS(=O)(=O)c1nccc(N2CCc3c(cccc3Oc3ccc(C(F)(F)F)cc3)C2)n1. The van der Waals surface area contributed by atoms with Gasteiger partial charge in [0.25, 0.3) is 0 Å². The lowest BCUT2D eigenvalue weighted by Gasteiger charge is -2.30. The van der Waals surface area contributed by atoms with Gasteiger partial charge in [-0.3, -0.25) is 0 Å². The lowest BCUT2D eigenvalue weighted by Crippen LogP contribution is -2.31. The van der Waals surface area contributed by atoms with Crippen molar-refractivity contribution in [2.24, 2.45) is 0 Å². The van der Waals surface area contributed by atoms with Crippen molar-refractivity contribution in [3.05, 3.63) is 71.4 Å². The first-order chi connectivity index (χ1) is 14.6. The molecule has 0 spiro atoms. The third-order valence-electron chi connectivity index (χ3n) is 4.91. The number of hydrogen-bond acceptors (Lipinski definition) is 6. The molecule has 0 N–H and O–H groups in total. The van der Waals surface area contributed by atoms with Gasteiger partial charge in [0.15, 0.2) is 0 Å². The molecule has 0 radical (unpaired) electrons. The molecule has 0 aliphatic carbocycles. The van der Waals surface area contributed by atoms with Gasteiger partial charge in [-0.1, -0.05) is 12.1 Å². The van der Waals surface area contributed by atoms with E-state index in [9.17, 15) is 21.6 Å². The summed E-state index contributed by atoms with van der Waals surface area (Å²) < 4.78 is 67.6. The number of sulfone groups is 1. The monoisotopic (exact) mass is 449 g/mol. The predicted molar refractivity (Wildman–Crippen MR) is 108 cm³/mol. The summed E-state index contributed by atoms with van der Waals surface area (Å²) in [6, 6.07) is 11.7. The maximum absolute atomic E-state index is 12.8. The summed E-state index contributed by atoms with van der Waals surface area (Å²) in [5.74, 6) is 1.41. The molecule has 0 amide bonds. The van der Waals surface area contributed by atoms with Crippen LogP contribution in [0.4, 0.5) is 19.0 Å². The topological polar surface area (TPSA) is 72.4 Å². The van der Waals surface area contributed by atoms with Crippen molar-refractivity contribution in [1.29, 1.82) is 0 Å². The molecule has 1 aromatic heterocycles. The third-order valence-corrected chi connectivity index (χ3v) is 5.77. The second kappa shape index (κ2) is 7.84. The summed E-state index contributed by atoms with van der Waals surface area (Å²) in [6.07, 6.45) is -1.32. The summed E-state index contributed by atoms with van der Waals surface area (Å²) in [5.41, 5.74) is 1.19. The zero-order valence-electron chi connectivity index (χ0n) is 16.4. The second-order valence-corrected chi connectivity index (χ2v) is 9.07. The van der Waals surface area contributed by atoms with Crippen LogP contribution in [0.25, 0.3) is 0 Å². The zero-order valence-corrected chi connectivity index (χ0v) is 17.2. The van der Waals surface area contributed by atoms with E-state index in [4.69, 9.17) is 4.74 Å². The van der Waals surface area contributed by atoms with Crippen molar-refractivity contribution < 1.29 is 26.3 Å². The molecule has 6 nitrogen and oxygen atoms in total. The number of nitrogens with zero attached hydrogens (tertiary/aromatic N) is 3. The molecule has 0 bridgehead atoms. The molecule has 1 aliphatic heterocycles.